The molecular weight excluding hydrogens is 204 g/mol. The van der Waals surface area contributed by atoms with Crippen LogP contribution in [0, 0.1) is 0 Å². The van der Waals surface area contributed by atoms with Crippen molar-refractivity contribution in [2.45, 2.75) is 49.9 Å². The van der Waals surface area contributed by atoms with E-state index in [0.717, 1.165) is 32.4 Å². The Morgan fingerprint density at radius 2 is 2.25 bits per heavy atom. The zero-order valence-electron chi connectivity index (χ0n) is 10.4. The number of nitrogens with one attached hydrogen (secondary N) is 1. The van der Waals surface area contributed by atoms with Crippen LogP contribution in [0.1, 0.15) is 32.6 Å². The molecule has 3 N–H and O–H groups in total. The number of nitrogens with two attached hydrogens (primary N) is 1. The summed E-state index contributed by atoms with van der Waals surface area (Å²) in [7, 11) is 1.77. The molecule has 1 heterocycles. The van der Waals surface area contributed by atoms with Gasteiger partial charge in [-0.3, -0.25) is 0 Å². The van der Waals surface area contributed by atoms with Gasteiger partial charge in [-0.15, -0.1) is 0 Å². The molecule has 0 aromatic rings. The number of hydrogen-bond donors (Lipinski definition) is 2. The van der Waals surface area contributed by atoms with Gasteiger partial charge in [-0.2, -0.15) is 0 Å². The van der Waals surface area contributed by atoms with Crippen LogP contribution in [0.25, 0.3) is 0 Å². The summed E-state index contributed by atoms with van der Waals surface area (Å²) in [5, 5.41) is 3.60. The Kier molecular flexibility index (Phi) is 3.54. The van der Waals surface area contributed by atoms with E-state index in [2.05, 4.69) is 12.2 Å². The molecule has 0 spiro atoms. The maximum Gasteiger partial charge on any atom is 0.0779 e. The first-order chi connectivity index (χ1) is 7.61. The third kappa shape index (κ3) is 2.40. The summed E-state index contributed by atoms with van der Waals surface area (Å²) in [4.78, 5) is 0. The summed E-state index contributed by atoms with van der Waals surface area (Å²) in [5.41, 5.74) is 5.96. The third-order valence-electron chi connectivity index (χ3n) is 4.10. The van der Waals surface area contributed by atoms with Gasteiger partial charge in [0.25, 0.3) is 0 Å². The van der Waals surface area contributed by atoms with Gasteiger partial charge in [0.1, 0.15) is 0 Å². The van der Waals surface area contributed by atoms with E-state index in [1.165, 1.54) is 6.42 Å². The molecule has 0 aromatic carbocycles. The highest BCUT2D eigenvalue weighted by molar-refractivity contribution is 5.04. The molecule has 1 unspecified atom stereocenters. The largest absolute Gasteiger partial charge is 0.381 e. The summed E-state index contributed by atoms with van der Waals surface area (Å²) in [6.45, 7) is 4.67. The topological polar surface area (TPSA) is 56.5 Å². The van der Waals surface area contributed by atoms with Gasteiger partial charge in [-0.1, -0.05) is 0 Å². The van der Waals surface area contributed by atoms with Crippen LogP contribution in [-0.2, 0) is 9.47 Å². The van der Waals surface area contributed by atoms with Gasteiger partial charge in [-0.05, 0) is 32.6 Å². The van der Waals surface area contributed by atoms with E-state index in [1.54, 1.807) is 7.11 Å². The maximum absolute atomic E-state index is 5.85. The Bertz CT molecular complexity index is 233. The van der Waals surface area contributed by atoms with Gasteiger partial charge in [0, 0.05) is 32.3 Å². The minimum Gasteiger partial charge on any atom is -0.381 e. The van der Waals surface area contributed by atoms with E-state index >= 15 is 0 Å². The average molecular weight is 228 g/mol. The van der Waals surface area contributed by atoms with Crippen LogP contribution in [-0.4, -0.2) is 44.1 Å². The molecule has 1 saturated carbocycles. The molecular formula is C12H24N2O2. The molecule has 2 fully saturated rings. The van der Waals surface area contributed by atoms with Gasteiger partial charge < -0.3 is 20.5 Å². The zero-order chi connectivity index (χ0) is 11.6. The maximum atomic E-state index is 5.85. The van der Waals surface area contributed by atoms with Crippen LogP contribution < -0.4 is 11.1 Å². The van der Waals surface area contributed by atoms with Gasteiger partial charge in [0.2, 0.25) is 0 Å². The lowest BCUT2D eigenvalue weighted by atomic mass is 9.74. The fourth-order valence-corrected chi connectivity index (χ4v) is 2.71. The van der Waals surface area contributed by atoms with E-state index in [1.807, 2.05) is 0 Å². The second kappa shape index (κ2) is 4.61. The van der Waals surface area contributed by atoms with Crippen LogP contribution >= 0.6 is 0 Å². The van der Waals surface area contributed by atoms with Gasteiger partial charge in [0.15, 0.2) is 0 Å². The molecule has 0 bridgehead atoms. The van der Waals surface area contributed by atoms with E-state index < -0.39 is 0 Å². The van der Waals surface area contributed by atoms with E-state index in [-0.39, 0.29) is 11.1 Å². The molecule has 0 amide bonds. The Hall–Kier alpha value is -0.160. The van der Waals surface area contributed by atoms with Crippen molar-refractivity contribution >= 4 is 0 Å². The van der Waals surface area contributed by atoms with Gasteiger partial charge >= 0.3 is 0 Å². The van der Waals surface area contributed by atoms with E-state index in [9.17, 15) is 0 Å². The minimum atomic E-state index is 0.0142. The zero-order valence-corrected chi connectivity index (χ0v) is 10.4. The molecule has 1 atom stereocenters. The second-order valence-corrected chi connectivity index (χ2v) is 5.51. The molecule has 1 saturated heterocycles. The predicted molar refractivity (Wildman–Crippen MR) is 63.4 cm³/mol. The Labute approximate surface area is 97.9 Å². The number of methoxy groups -OCH3 is 1. The van der Waals surface area contributed by atoms with E-state index in [4.69, 9.17) is 15.2 Å². The average Bonchev–Trinajstić information content (AvgIpc) is 2.65. The fourth-order valence-electron chi connectivity index (χ4n) is 2.71. The first-order valence-corrected chi connectivity index (χ1v) is 6.23. The Balaban J connectivity index is 1.80. The first-order valence-electron chi connectivity index (χ1n) is 6.23. The minimum absolute atomic E-state index is 0.0142. The summed E-state index contributed by atoms with van der Waals surface area (Å²) < 4.78 is 11.1. The Morgan fingerprint density at radius 1 is 1.50 bits per heavy atom. The lowest BCUT2D eigenvalue weighted by molar-refractivity contribution is -0.0429. The lowest BCUT2D eigenvalue weighted by Gasteiger charge is -2.48. The SMILES string of the molecule is COC1CC(CN)(NCC2(C)CCCO2)C1. The standard InChI is InChI=1S/C12H24N2O2/c1-11(4-3-5-16-11)9-14-12(8-13)6-10(7-12)15-2/h10,14H,3-9,13H2,1-2H3. The van der Waals surface area contributed by atoms with Crippen molar-refractivity contribution in [1.29, 1.82) is 0 Å². The van der Waals surface area contributed by atoms with Crippen molar-refractivity contribution in [3.63, 3.8) is 0 Å². The molecule has 4 heteroatoms. The monoisotopic (exact) mass is 228 g/mol. The van der Waals surface area contributed by atoms with Gasteiger partial charge in [-0.25, -0.2) is 0 Å². The van der Waals surface area contributed by atoms with Gasteiger partial charge in [0.05, 0.1) is 11.7 Å². The highest BCUT2D eigenvalue weighted by Crippen LogP contribution is 2.34. The number of hydrogen-bond acceptors (Lipinski definition) is 4. The van der Waals surface area contributed by atoms with Crippen molar-refractivity contribution in [2.24, 2.45) is 5.73 Å². The molecule has 1 aliphatic carbocycles. The number of ether oxygens (including phenoxy) is 2. The van der Waals surface area contributed by atoms with Crippen LogP contribution in [0.5, 0.6) is 0 Å². The highest BCUT2D eigenvalue weighted by atomic mass is 16.5. The van der Waals surface area contributed by atoms with Crippen molar-refractivity contribution in [1.82, 2.24) is 5.32 Å². The van der Waals surface area contributed by atoms with Crippen molar-refractivity contribution in [3.05, 3.63) is 0 Å². The first kappa shape index (κ1) is 12.3. The van der Waals surface area contributed by atoms with E-state index in [0.29, 0.717) is 12.6 Å². The molecule has 2 rings (SSSR count). The molecule has 94 valence electrons. The molecule has 0 radical (unpaired) electrons. The summed E-state index contributed by atoms with van der Waals surface area (Å²) in [6.07, 6.45) is 4.75. The third-order valence-corrected chi connectivity index (χ3v) is 4.10. The van der Waals surface area contributed by atoms with Crippen LogP contribution in [0.15, 0.2) is 0 Å². The normalized spacial score (nSPS) is 43.3. The molecule has 0 aromatic heterocycles. The summed E-state index contributed by atoms with van der Waals surface area (Å²) in [5.74, 6) is 0. The summed E-state index contributed by atoms with van der Waals surface area (Å²) in [6, 6.07) is 0. The quantitative estimate of drug-likeness (QED) is 0.725. The molecule has 1 aliphatic heterocycles. The number of rotatable bonds is 5. The van der Waals surface area contributed by atoms with Crippen LogP contribution in [0.2, 0.25) is 0 Å². The highest BCUT2D eigenvalue weighted by Gasteiger charge is 2.44. The lowest BCUT2D eigenvalue weighted by Crippen LogP contribution is -2.64. The predicted octanol–water partition coefficient (Wildman–Crippen LogP) is 0.651. The second-order valence-electron chi connectivity index (χ2n) is 5.51. The molecule has 4 nitrogen and oxygen atoms in total. The van der Waals surface area contributed by atoms with Crippen molar-refractivity contribution in [3.8, 4) is 0 Å². The molecule has 2 aliphatic rings. The Morgan fingerprint density at radius 3 is 2.75 bits per heavy atom. The fraction of sp³-hybridized carbons (Fsp3) is 1.00. The smallest absolute Gasteiger partial charge is 0.0779 e. The van der Waals surface area contributed by atoms with Crippen LogP contribution in [0.4, 0.5) is 0 Å². The van der Waals surface area contributed by atoms with Crippen molar-refractivity contribution in [2.75, 3.05) is 26.8 Å². The molecule has 16 heavy (non-hydrogen) atoms. The summed E-state index contributed by atoms with van der Waals surface area (Å²) >= 11 is 0. The van der Waals surface area contributed by atoms with Crippen LogP contribution in [0.3, 0.4) is 0 Å². The van der Waals surface area contributed by atoms with Crippen molar-refractivity contribution < 1.29 is 9.47 Å².